The summed E-state index contributed by atoms with van der Waals surface area (Å²) in [6, 6.07) is 0. The third kappa shape index (κ3) is 2.13. The van der Waals surface area contributed by atoms with Gasteiger partial charge in [0.15, 0.2) is 23.3 Å². The molecule has 0 aliphatic heterocycles. The van der Waals surface area contributed by atoms with Crippen molar-refractivity contribution in [2.24, 2.45) is 7.05 Å². The van der Waals surface area contributed by atoms with Crippen LogP contribution < -0.4 is 11.2 Å². The van der Waals surface area contributed by atoms with Gasteiger partial charge >= 0.3 is 5.69 Å². The van der Waals surface area contributed by atoms with Gasteiger partial charge in [-0.15, -0.1) is 5.92 Å². The predicted octanol–water partition coefficient (Wildman–Crippen LogP) is -1.00. The molecule has 0 amide bonds. The lowest BCUT2D eigenvalue weighted by atomic mass is 10.4. The number of carbonyl (C=O) groups excluding carboxylic acids is 1. The summed E-state index contributed by atoms with van der Waals surface area (Å²) >= 11 is 0. The van der Waals surface area contributed by atoms with Crippen molar-refractivity contribution < 1.29 is 4.79 Å². The first-order valence-electron chi connectivity index (χ1n) is 5.64. The zero-order chi connectivity index (χ0) is 14.7. The molecule has 0 saturated heterocycles. The molecule has 0 saturated carbocycles. The van der Waals surface area contributed by atoms with E-state index in [4.69, 9.17) is 0 Å². The number of hydrogen-bond acceptors (Lipinski definition) is 4. The highest BCUT2D eigenvalue weighted by atomic mass is 16.2. The Balaban J connectivity index is 2.92. The van der Waals surface area contributed by atoms with E-state index >= 15 is 0 Å². The zero-order valence-corrected chi connectivity index (χ0v) is 10.9. The molecule has 7 nitrogen and oxygen atoms in total. The van der Waals surface area contributed by atoms with Crippen LogP contribution in [0.3, 0.4) is 0 Å². The number of aryl methyl sites for hydroxylation is 1. The van der Waals surface area contributed by atoms with Gasteiger partial charge in [-0.05, 0) is 18.8 Å². The number of aromatic nitrogens is 4. The largest absolute Gasteiger partial charge is 0.329 e. The van der Waals surface area contributed by atoms with E-state index in [9.17, 15) is 14.4 Å². The van der Waals surface area contributed by atoms with Gasteiger partial charge in [0.1, 0.15) is 0 Å². The number of rotatable bonds is 1. The van der Waals surface area contributed by atoms with E-state index in [0.717, 1.165) is 0 Å². The first-order valence-corrected chi connectivity index (χ1v) is 5.64. The Bertz CT molecular complexity index is 922. The number of fused-ring (bicyclic) bond motifs is 1. The molecule has 2 rings (SSSR count). The van der Waals surface area contributed by atoms with Gasteiger partial charge in [-0.25, -0.2) is 9.78 Å². The molecule has 0 unspecified atom stereocenters. The van der Waals surface area contributed by atoms with Crippen molar-refractivity contribution in [3.63, 3.8) is 0 Å². The van der Waals surface area contributed by atoms with Crippen molar-refractivity contribution in [2.75, 3.05) is 0 Å². The maximum Gasteiger partial charge on any atom is 0.329 e. The molecule has 0 aromatic carbocycles. The number of nitrogens with one attached hydrogen (secondary N) is 1. The Labute approximate surface area is 113 Å². The van der Waals surface area contributed by atoms with Crippen molar-refractivity contribution in [1.29, 1.82) is 0 Å². The Morgan fingerprint density at radius 1 is 1.40 bits per heavy atom. The first kappa shape index (κ1) is 13.4. The molecular weight excluding hydrogens is 260 g/mol. The number of H-pyrrole nitrogens is 1. The molecule has 2 heterocycles. The summed E-state index contributed by atoms with van der Waals surface area (Å²) in [7, 11) is 1.49. The molecule has 0 atom stereocenters. The molecule has 20 heavy (non-hydrogen) atoms. The van der Waals surface area contributed by atoms with Gasteiger partial charge < -0.3 is 0 Å². The molecule has 0 bridgehead atoms. The van der Waals surface area contributed by atoms with Crippen LogP contribution in [0.25, 0.3) is 11.2 Å². The molecule has 100 valence electrons. The van der Waals surface area contributed by atoms with Crippen LogP contribution in [0.2, 0.25) is 0 Å². The predicted molar refractivity (Wildman–Crippen MR) is 72.0 cm³/mol. The van der Waals surface area contributed by atoms with Gasteiger partial charge in [0.25, 0.3) is 5.56 Å². The molecule has 0 spiro atoms. The molecule has 2 aromatic heterocycles. The van der Waals surface area contributed by atoms with E-state index in [1.54, 1.807) is 6.92 Å². The van der Waals surface area contributed by atoms with Crippen molar-refractivity contribution >= 4 is 17.5 Å². The van der Waals surface area contributed by atoms with Crippen LogP contribution in [-0.2, 0) is 18.4 Å². The molecule has 0 aliphatic carbocycles. The third-order valence-corrected chi connectivity index (χ3v) is 2.66. The average molecular weight is 270 g/mol. The third-order valence-electron chi connectivity index (χ3n) is 2.66. The SMILES string of the molecule is CC#CCn1c(C#CC=O)nc2c1c(=O)[nH]c(=O)n2C. The van der Waals surface area contributed by atoms with E-state index in [1.165, 1.54) is 16.2 Å². The highest BCUT2D eigenvalue weighted by Crippen LogP contribution is 2.09. The van der Waals surface area contributed by atoms with Crippen molar-refractivity contribution in [3.8, 4) is 23.7 Å². The molecule has 7 heteroatoms. The van der Waals surface area contributed by atoms with Gasteiger partial charge in [-0.1, -0.05) is 5.92 Å². The normalized spacial score (nSPS) is 9.50. The minimum atomic E-state index is -0.566. The molecule has 2 aromatic rings. The van der Waals surface area contributed by atoms with E-state index < -0.39 is 11.2 Å². The number of carbonyl (C=O) groups is 1. The summed E-state index contributed by atoms with van der Waals surface area (Å²) < 4.78 is 2.68. The van der Waals surface area contributed by atoms with Crippen LogP contribution >= 0.6 is 0 Å². The lowest BCUT2D eigenvalue weighted by Gasteiger charge is -2.00. The molecule has 0 aliphatic rings. The quantitative estimate of drug-likeness (QED) is 0.531. The van der Waals surface area contributed by atoms with Gasteiger partial charge in [-0.2, -0.15) is 0 Å². The monoisotopic (exact) mass is 270 g/mol. The van der Waals surface area contributed by atoms with Crippen molar-refractivity contribution in [2.45, 2.75) is 13.5 Å². The molecule has 0 fully saturated rings. The van der Waals surface area contributed by atoms with E-state index in [1.807, 2.05) is 0 Å². The topological polar surface area (TPSA) is 89.8 Å². The molecule has 0 radical (unpaired) electrons. The highest BCUT2D eigenvalue weighted by Gasteiger charge is 2.15. The second kappa shape index (κ2) is 5.29. The zero-order valence-electron chi connectivity index (χ0n) is 10.9. The van der Waals surface area contributed by atoms with Crippen LogP contribution in [0.4, 0.5) is 0 Å². The van der Waals surface area contributed by atoms with Crippen molar-refractivity contribution in [3.05, 3.63) is 26.7 Å². The van der Waals surface area contributed by atoms with Crippen LogP contribution in [-0.4, -0.2) is 25.4 Å². The summed E-state index contributed by atoms with van der Waals surface area (Å²) in [5.41, 5.74) is -0.729. The minimum absolute atomic E-state index is 0.192. The Morgan fingerprint density at radius 3 is 2.80 bits per heavy atom. The number of imidazole rings is 1. The summed E-state index contributed by atoms with van der Waals surface area (Å²) in [6.07, 6.45) is 0.429. The Kier molecular flexibility index (Phi) is 3.54. The van der Waals surface area contributed by atoms with E-state index in [2.05, 4.69) is 33.6 Å². The fourth-order valence-corrected chi connectivity index (χ4v) is 1.74. The summed E-state index contributed by atoms with van der Waals surface area (Å²) in [6.45, 7) is 1.85. The molecular formula is C13H10N4O3. The minimum Gasteiger partial charge on any atom is -0.300 e. The maximum atomic E-state index is 11.9. The summed E-state index contributed by atoms with van der Waals surface area (Å²) in [4.78, 5) is 40.1. The maximum absolute atomic E-state index is 11.9. The van der Waals surface area contributed by atoms with Crippen molar-refractivity contribution in [1.82, 2.24) is 19.1 Å². The average Bonchev–Trinajstić information content (AvgIpc) is 2.79. The summed E-state index contributed by atoms with van der Waals surface area (Å²) in [5, 5.41) is 0. The standard InChI is InChI=1S/C13H10N4O3/c1-3-4-7-17-9(6-5-8-18)14-11-10(17)12(19)15-13(20)16(11)2/h8H,7H2,1-2H3,(H,15,19,20). The van der Waals surface area contributed by atoms with Gasteiger partial charge in [0, 0.05) is 7.05 Å². The lowest BCUT2D eigenvalue weighted by Crippen LogP contribution is -2.29. The van der Waals surface area contributed by atoms with Crippen LogP contribution in [0.5, 0.6) is 0 Å². The lowest BCUT2D eigenvalue weighted by molar-refractivity contribution is -0.103. The summed E-state index contributed by atoms with van der Waals surface area (Å²) in [5.74, 6) is 10.5. The Morgan fingerprint density at radius 2 is 2.15 bits per heavy atom. The fourth-order valence-electron chi connectivity index (χ4n) is 1.74. The van der Waals surface area contributed by atoms with Crippen LogP contribution in [0.15, 0.2) is 9.59 Å². The number of nitrogens with zero attached hydrogens (tertiary/aromatic N) is 3. The number of aldehydes is 1. The van der Waals surface area contributed by atoms with E-state index in [0.29, 0.717) is 6.29 Å². The fraction of sp³-hybridized carbons (Fsp3) is 0.231. The second-order valence-corrected chi connectivity index (χ2v) is 3.83. The van der Waals surface area contributed by atoms with Gasteiger partial charge in [-0.3, -0.25) is 23.7 Å². The number of aromatic amines is 1. The van der Waals surface area contributed by atoms with Gasteiger partial charge in [0.2, 0.25) is 0 Å². The van der Waals surface area contributed by atoms with Crippen LogP contribution in [0.1, 0.15) is 12.7 Å². The van der Waals surface area contributed by atoms with Gasteiger partial charge in [0.05, 0.1) is 6.54 Å². The Hall–Kier alpha value is -3.06. The smallest absolute Gasteiger partial charge is 0.300 e. The number of hydrogen-bond donors (Lipinski definition) is 1. The van der Waals surface area contributed by atoms with E-state index in [-0.39, 0.29) is 23.5 Å². The second-order valence-electron chi connectivity index (χ2n) is 3.83. The molecule has 1 N–H and O–H groups in total. The van der Waals surface area contributed by atoms with Crippen LogP contribution in [0, 0.1) is 23.7 Å². The first-order chi connectivity index (χ1) is 9.60. The highest BCUT2D eigenvalue weighted by molar-refractivity contribution is 5.76.